The summed E-state index contributed by atoms with van der Waals surface area (Å²) in [5, 5.41) is 11.6. The van der Waals surface area contributed by atoms with E-state index in [9.17, 15) is 9.90 Å². The topological polar surface area (TPSA) is 82.0 Å². The molecule has 122 valence electrons. The minimum Gasteiger partial charge on any atom is -0.489 e. The fraction of sp³-hybridized carbons (Fsp3) is 0.353. The molecule has 3 rings (SSSR count). The number of furan rings is 1. The largest absolute Gasteiger partial charge is 0.489 e. The molecule has 0 amide bonds. The third-order valence-corrected chi connectivity index (χ3v) is 4.02. The van der Waals surface area contributed by atoms with Crippen LogP contribution >= 0.6 is 0 Å². The van der Waals surface area contributed by atoms with E-state index in [1.807, 2.05) is 0 Å². The summed E-state index contributed by atoms with van der Waals surface area (Å²) in [7, 11) is 1.53. The van der Waals surface area contributed by atoms with Crippen LogP contribution in [0.25, 0.3) is 21.9 Å². The highest BCUT2D eigenvalue weighted by Crippen LogP contribution is 2.35. The van der Waals surface area contributed by atoms with Crippen molar-refractivity contribution in [3.63, 3.8) is 0 Å². The highest BCUT2D eigenvalue weighted by atomic mass is 16.5. The van der Waals surface area contributed by atoms with Gasteiger partial charge in [0.1, 0.15) is 29.6 Å². The Morgan fingerprint density at radius 2 is 1.96 bits per heavy atom. The number of fused-ring (bicyclic) bond motifs is 2. The number of hydrogen-bond acceptors (Lipinski definition) is 6. The van der Waals surface area contributed by atoms with E-state index in [-0.39, 0.29) is 6.61 Å². The first-order valence-corrected chi connectivity index (χ1v) is 7.22. The van der Waals surface area contributed by atoms with Gasteiger partial charge in [-0.15, -0.1) is 0 Å². The number of rotatable bonds is 5. The van der Waals surface area contributed by atoms with Gasteiger partial charge in [-0.3, -0.25) is 0 Å². The Morgan fingerprint density at radius 1 is 1.22 bits per heavy atom. The van der Waals surface area contributed by atoms with Gasteiger partial charge in [-0.25, -0.2) is 4.79 Å². The van der Waals surface area contributed by atoms with E-state index in [2.05, 4.69) is 0 Å². The Labute approximate surface area is 132 Å². The van der Waals surface area contributed by atoms with Crippen LogP contribution in [-0.4, -0.2) is 30.5 Å². The highest BCUT2D eigenvalue weighted by Gasteiger charge is 2.28. The van der Waals surface area contributed by atoms with Gasteiger partial charge in [0.2, 0.25) is 0 Å². The third-order valence-electron chi connectivity index (χ3n) is 4.02. The van der Waals surface area contributed by atoms with Gasteiger partial charge in [0.15, 0.2) is 0 Å². The molecule has 1 atom stereocenters. The average Bonchev–Trinajstić information content (AvgIpc) is 2.98. The first kappa shape index (κ1) is 15.6. The van der Waals surface area contributed by atoms with Gasteiger partial charge in [0.25, 0.3) is 0 Å². The first-order chi connectivity index (χ1) is 10.9. The summed E-state index contributed by atoms with van der Waals surface area (Å²) in [6.07, 6.45) is 0.699. The molecule has 1 N–H and O–H groups in total. The quantitative estimate of drug-likeness (QED) is 0.728. The molecule has 6 nitrogen and oxygen atoms in total. The molecule has 1 aromatic carbocycles. The summed E-state index contributed by atoms with van der Waals surface area (Å²) in [5.41, 5.74) is -0.278. The average molecular weight is 318 g/mol. The Bertz CT molecular complexity index is 889. The van der Waals surface area contributed by atoms with Crippen LogP contribution in [0.4, 0.5) is 0 Å². The maximum absolute atomic E-state index is 11.4. The predicted octanol–water partition coefficient (Wildman–Crippen LogP) is 2.70. The van der Waals surface area contributed by atoms with Crippen molar-refractivity contribution in [1.82, 2.24) is 0 Å². The van der Waals surface area contributed by atoms with E-state index in [0.717, 1.165) is 5.39 Å². The number of ether oxygens (including phenoxy) is 2. The van der Waals surface area contributed by atoms with Crippen molar-refractivity contribution >= 4 is 21.9 Å². The van der Waals surface area contributed by atoms with Crippen LogP contribution in [0.3, 0.4) is 0 Å². The molecule has 6 heteroatoms. The Balaban J connectivity index is 2.04. The Kier molecular flexibility index (Phi) is 3.87. The van der Waals surface area contributed by atoms with Gasteiger partial charge >= 0.3 is 5.63 Å². The van der Waals surface area contributed by atoms with Gasteiger partial charge in [0.05, 0.1) is 22.6 Å². The maximum Gasteiger partial charge on any atom is 0.336 e. The van der Waals surface area contributed by atoms with Crippen molar-refractivity contribution in [3.8, 4) is 5.75 Å². The van der Waals surface area contributed by atoms with Crippen LogP contribution in [-0.2, 0) is 4.74 Å². The minimum absolute atomic E-state index is 0.0271. The third kappa shape index (κ3) is 2.83. The Morgan fingerprint density at radius 3 is 2.70 bits per heavy atom. The minimum atomic E-state index is -0.833. The van der Waals surface area contributed by atoms with E-state index < -0.39 is 17.3 Å². The standard InChI is InChI=1S/C17H18O6/c1-17(2,20-3)14(18)9-22-16-10-4-5-15(19)23-13(10)8-12-11(16)6-7-21-12/h4-8,14,18H,9H2,1-3H3/t14-/m0/s1. The summed E-state index contributed by atoms with van der Waals surface area (Å²) in [6.45, 7) is 3.58. The van der Waals surface area contributed by atoms with Crippen LogP contribution in [0.2, 0.25) is 0 Å². The van der Waals surface area contributed by atoms with Crippen LogP contribution in [0, 0.1) is 0 Å². The van der Waals surface area contributed by atoms with E-state index in [0.29, 0.717) is 22.3 Å². The molecule has 0 spiro atoms. The van der Waals surface area contributed by atoms with Crippen molar-refractivity contribution in [3.05, 3.63) is 40.9 Å². The zero-order valence-electron chi connectivity index (χ0n) is 13.2. The van der Waals surface area contributed by atoms with E-state index in [4.69, 9.17) is 18.3 Å². The molecule has 0 unspecified atom stereocenters. The summed E-state index contributed by atoms with van der Waals surface area (Å²) in [4.78, 5) is 11.4. The fourth-order valence-electron chi connectivity index (χ4n) is 2.26. The molecule has 23 heavy (non-hydrogen) atoms. The van der Waals surface area contributed by atoms with Crippen molar-refractivity contribution in [1.29, 1.82) is 0 Å². The van der Waals surface area contributed by atoms with Crippen LogP contribution in [0.1, 0.15) is 13.8 Å². The summed E-state index contributed by atoms with van der Waals surface area (Å²) in [6, 6.07) is 6.38. The zero-order valence-corrected chi connectivity index (χ0v) is 13.2. The van der Waals surface area contributed by atoms with Crippen molar-refractivity contribution < 1.29 is 23.4 Å². The number of benzene rings is 1. The van der Waals surface area contributed by atoms with Crippen molar-refractivity contribution in [2.45, 2.75) is 25.6 Å². The number of hydrogen-bond donors (Lipinski definition) is 1. The van der Waals surface area contributed by atoms with Crippen LogP contribution in [0.15, 0.2) is 44.2 Å². The predicted molar refractivity (Wildman–Crippen MR) is 84.8 cm³/mol. The summed E-state index contributed by atoms with van der Waals surface area (Å²) in [5.74, 6) is 0.501. The second-order valence-electron chi connectivity index (χ2n) is 5.84. The first-order valence-electron chi connectivity index (χ1n) is 7.22. The maximum atomic E-state index is 11.4. The molecule has 0 aliphatic heterocycles. The van der Waals surface area contributed by atoms with Gasteiger partial charge in [-0.05, 0) is 26.0 Å². The molecule has 0 aliphatic carbocycles. The summed E-state index contributed by atoms with van der Waals surface area (Å²) >= 11 is 0. The van der Waals surface area contributed by atoms with E-state index in [1.165, 1.54) is 19.4 Å². The molecular weight excluding hydrogens is 300 g/mol. The van der Waals surface area contributed by atoms with E-state index >= 15 is 0 Å². The molecule has 0 aliphatic rings. The normalized spacial score (nSPS) is 13.6. The molecule has 0 saturated carbocycles. The molecular formula is C17H18O6. The molecule has 3 aromatic rings. The van der Waals surface area contributed by atoms with Gasteiger partial charge in [0, 0.05) is 19.2 Å². The zero-order chi connectivity index (χ0) is 16.6. The highest BCUT2D eigenvalue weighted by molar-refractivity contribution is 6.01. The molecule has 0 radical (unpaired) electrons. The molecule has 2 heterocycles. The van der Waals surface area contributed by atoms with Crippen molar-refractivity contribution in [2.75, 3.05) is 13.7 Å². The lowest BCUT2D eigenvalue weighted by atomic mass is 10.0. The van der Waals surface area contributed by atoms with Crippen LogP contribution < -0.4 is 10.4 Å². The lowest BCUT2D eigenvalue weighted by molar-refractivity contribution is -0.0912. The summed E-state index contributed by atoms with van der Waals surface area (Å²) < 4.78 is 21.6. The molecule has 0 saturated heterocycles. The smallest absolute Gasteiger partial charge is 0.336 e. The number of aliphatic hydroxyl groups is 1. The van der Waals surface area contributed by atoms with Gasteiger partial charge in [-0.1, -0.05) is 0 Å². The lowest BCUT2D eigenvalue weighted by Crippen LogP contribution is -2.42. The fourth-order valence-corrected chi connectivity index (χ4v) is 2.26. The van der Waals surface area contributed by atoms with Gasteiger partial charge < -0.3 is 23.4 Å². The van der Waals surface area contributed by atoms with Crippen LogP contribution in [0.5, 0.6) is 5.75 Å². The number of aliphatic hydroxyl groups excluding tert-OH is 1. The number of methoxy groups -OCH3 is 1. The molecule has 2 aromatic heterocycles. The SMILES string of the molecule is COC(C)(C)[C@@H](O)COc1c2ccoc2cc2oc(=O)ccc12. The Hall–Kier alpha value is -2.31. The second kappa shape index (κ2) is 5.72. The van der Waals surface area contributed by atoms with Gasteiger partial charge in [-0.2, -0.15) is 0 Å². The lowest BCUT2D eigenvalue weighted by Gasteiger charge is -2.29. The molecule has 0 bridgehead atoms. The molecule has 0 fully saturated rings. The monoisotopic (exact) mass is 318 g/mol. The van der Waals surface area contributed by atoms with E-state index in [1.54, 1.807) is 32.0 Å². The van der Waals surface area contributed by atoms with Crippen molar-refractivity contribution in [2.24, 2.45) is 0 Å². The second-order valence-corrected chi connectivity index (χ2v) is 5.84.